The summed E-state index contributed by atoms with van der Waals surface area (Å²) in [6.07, 6.45) is 10.6. The molecule has 0 spiro atoms. The Labute approximate surface area is 119 Å². The van der Waals surface area contributed by atoms with Crippen molar-refractivity contribution in [2.75, 3.05) is 0 Å². The molecule has 0 unspecified atom stereocenters. The number of nitrogens with one attached hydrogen (secondary N) is 1. The van der Waals surface area contributed by atoms with E-state index in [0.29, 0.717) is 18.2 Å². The molecule has 2 rings (SSSR count). The molecule has 1 aromatic rings. The summed E-state index contributed by atoms with van der Waals surface area (Å²) in [6.45, 7) is 0.547. The maximum Gasteiger partial charge on any atom is 0.330 e. The summed E-state index contributed by atoms with van der Waals surface area (Å²) in [5.74, 6) is 0. The normalized spacial score (nSPS) is 17.7. The first-order valence-corrected chi connectivity index (χ1v) is 7.58. The smallest absolute Gasteiger partial charge is 0.310 e. The van der Waals surface area contributed by atoms with Crippen LogP contribution in [0.15, 0.2) is 15.8 Å². The third kappa shape index (κ3) is 3.60. The Morgan fingerprint density at radius 1 is 1.10 bits per heavy atom. The first kappa shape index (κ1) is 15.0. The van der Waals surface area contributed by atoms with E-state index in [-0.39, 0.29) is 11.2 Å². The van der Waals surface area contributed by atoms with Gasteiger partial charge >= 0.3 is 5.69 Å². The van der Waals surface area contributed by atoms with Crippen LogP contribution in [0.1, 0.15) is 50.5 Å². The van der Waals surface area contributed by atoms with Crippen molar-refractivity contribution in [2.24, 2.45) is 14.1 Å². The van der Waals surface area contributed by atoms with Gasteiger partial charge in [-0.3, -0.25) is 9.36 Å². The summed E-state index contributed by atoms with van der Waals surface area (Å²) < 4.78 is 2.64. The van der Waals surface area contributed by atoms with E-state index in [9.17, 15) is 9.59 Å². The molecule has 1 aliphatic carbocycles. The molecule has 0 amide bonds. The minimum absolute atomic E-state index is 0.188. The van der Waals surface area contributed by atoms with Crippen molar-refractivity contribution < 1.29 is 0 Å². The van der Waals surface area contributed by atoms with E-state index in [4.69, 9.17) is 0 Å². The van der Waals surface area contributed by atoms with Gasteiger partial charge in [0.05, 0.1) is 0 Å². The van der Waals surface area contributed by atoms with Crippen molar-refractivity contribution in [1.82, 2.24) is 14.5 Å². The van der Waals surface area contributed by atoms with Crippen LogP contribution >= 0.6 is 0 Å². The monoisotopic (exact) mass is 279 g/mol. The van der Waals surface area contributed by atoms with Gasteiger partial charge in [-0.2, -0.15) is 0 Å². The highest BCUT2D eigenvalue weighted by atomic mass is 16.2. The van der Waals surface area contributed by atoms with Gasteiger partial charge in [-0.25, -0.2) is 4.79 Å². The second-order valence-electron chi connectivity index (χ2n) is 5.83. The lowest BCUT2D eigenvalue weighted by molar-refractivity contribution is 0.387. The van der Waals surface area contributed by atoms with Crippen molar-refractivity contribution in [3.63, 3.8) is 0 Å². The van der Waals surface area contributed by atoms with Gasteiger partial charge in [0.15, 0.2) is 0 Å². The van der Waals surface area contributed by atoms with Crippen molar-refractivity contribution in [2.45, 2.75) is 57.5 Å². The summed E-state index contributed by atoms with van der Waals surface area (Å²) in [5, 5.41) is 3.49. The zero-order valence-electron chi connectivity index (χ0n) is 12.5. The maximum absolute atomic E-state index is 12.0. The molecule has 1 fully saturated rings. The standard InChI is InChI=1S/C15H25N3O2/c1-17-11-12(14(19)18(2)15(17)20)10-16-13-8-6-4-3-5-7-9-13/h11,13,16H,3-10H2,1-2H3. The van der Waals surface area contributed by atoms with E-state index in [0.717, 1.165) is 0 Å². The van der Waals surface area contributed by atoms with Gasteiger partial charge in [0.2, 0.25) is 0 Å². The lowest BCUT2D eigenvalue weighted by atomic mass is 9.96. The van der Waals surface area contributed by atoms with Gasteiger partial charge in [-0.05, 0) is 12.8 Å². The lowest BCUT2D eigenvalue weighted by Gasteiger charge is -2.21. The summed E-state index contributed by atoms with van der Waals surface area (Å²) in [6, 6.07) is 0.497. The molecule has 1 N–H and O–H groups in total. The van der Waals surface area contributed by atoms with E-state index in [2.05, 4.69) is 5.32 Å². The van der Waals surface area contributed by atoms with Crippen LogP contribution in [-0.4, -0.2) is 15.2 Å². The number of aryl methyl sites for hydroxylation is 1. The highest BCUT2D eigenvalue weighted by Gasteiger charge is 2.12. The third-order valence-electron chi connectivity index (χ3n) is 4.20. The highest BCUT2D eigenvalue weighted by Crippen LogP contribution is 2.17. The Balaban J connectivity index is 2.03. The van der Waals surface area contributed by atoms with Gasteiger partial charge in [-0.1, -0.05) is 32.1 Å². The van der Waals surface area contributed by atoms with Crippen molar-refractivity contribution in [3.8, 4) is 0 Å². The molecule has 20 heavy (non-hydrogen) atoms. The average molecular weight is 279 g/mol. The zero-order valence-corrected chi connectivity index (χ0v) is 12.5. The molecule has 5 nitrogen and oxygen atoms in total. The fourth-order valence-electron chi connectivity index (χ4n) is 2.92. The summed E-state index contributed by atoms with van der Waals surface area (Å²) >= 11 is 0. The summed E-state index contributed by atoms with van der Waals surface area (Å²) in [7, 11) is 3.21. The van der Waals surface area contributed by atoms with Gasteiger partial charge in [-0.15, -0.1) is 0 Å². The molecule has 1 heterocycles. The van der Waals surface area contributed by atoms with Crippen LogP contribution in [-0.2, 0) is 20.6 Å². The van der Waals surface area contributed by atoms with Crippen LogP contribution in [0.2, 0.25) is 0 Å². The topological polar surface area (TPSA) is 56.0 Å². The van der Waals surface area contributed by atoms with Crippen LogP contribution in [0.4, 0.5) is 0 Å². The Hall–Kier alpha value is -1.36. The van der Waals surface area contributed by atoms with Crippen molar-refractivity contribution in [1.29, 1.82) is 0 Å². The molecule has 0 bridgehead atoms. The quantitative estimate of drug-likeness (QED) is 0.907. The lowest BCUT2D eigenvalue weighted by Crippen LogP contribution is -2.40. The number of hydrogen-bond acceptors (Lipinski definition) is 3. The predicted molar refractivity (Wildman–Crippen MR) is 79.9 cm³/mol. The third-order valence-corrected chi connectivity index (χ3v) is 4.20. The fraction of sp³-hybridized carbons (Fsp3) is 0.733. The van der Waals surface area contributed by atoms with Crippen LogP contribution in [0.25, 0.3) is 0 Å². The van der Waals surface area contributed by atoms with Crippen LogP contribution < -0.4 is 16.6 Å². The van der Waals surface area contributed by atoms with E-state index in [1.165, 1.54) is 61.1 Å². The molecular formula is C15H25N3O2. The summed E-state index contributed by atoms with van der Waals surface area (Å²) in [4.78, 5) is 23.7. The molecule has 1 aromatic heterocycles. The molecule has 5 heteroatoms. The average Bonchev–Trinajstić information content (AvgIpc) is 2.40. The Kier molecular flexibility index (Phi) is 5.17. The van der Waals surface area contributed by atoms with Crippen molar-refractivity contribution >= 4 is 0 Å². The number of nitrogens with zero attached hydrogens (tertiary/aromatic N) is 2. The maximum atomic E-state index is 12.0. The first-order valence-electron chi connectivity index (χ1n) is 7.58. The van der Waals surface area contributed by atoms with Gasteiger partial charge in [0, 0.05) is 38.4 Å². The van der Waals surface area contributed by atoms with Gasteiger partial charge in [0.1, 0.15) is 0 Å². The van der Waals surface area contributed by atoms with Crippen molar-refractivity contribution in [3.05, 3.63) is 32.6 Å². The molecule has 112 valence electrons. The SMILES string of the molecule is Cn1cc(CNC2CCCCCCC2)c(=O)n(C)c1=O. The van der Waals surface area contributed by atoms with E-state index < -0.39 is 0 Å². The Morgan fingerprint density at radius 2 is 1.70 bits per heavy atom. The Morgan fingerprint density at radius 3 is 2.35 bits per heavy atom. The number of aromatic nitrogens is 2. The fourth-order valence-corrected chi connectivity index (χ4v) is 2.92. The minimum Gasteiger partial charge on any atom is -0.310 e. The van der Waals surface area contributed by atoms with E-state index >= 15 is 0 Å². The van der Waals surface area contributed by atoms with E-state index in [1.807, 2.05) is 0 Å². The number of rotatable bonds is 3. The zero-order chi connectivity index (χ0) is 14.5. The molecule has 0 aliphatic heterocycles. The van der Waals surface area contributed by atoms with Crippen LogP contribution in [0.3, 0.4) is 0 Å². The molecule has 0 atom stereocenters. The largest absolute Gasteiger partial charge is 0.330 e. The minimum atomic E-state index is -0.273. The summed E-state index contributed by atoms with van der Waals surface area (Å²) in [5.41, 5.74) is 0.202. The predicted octanol–water partition coefficient (Wildman–Crippen LogP) is 1.29. The molecule has 0 radical (unpaired) electrons. The second kappa shape index (κ2) is 6.88. The molecule has 0 aromatic carbocycles. The Bertz CT molecular complexity index is 551. The second-order valence-corrected chi connectivity index (χ2v) is 5.83. The molecule has 1 aliphatic rings. The first-order chi connectivity index (χ1) is 9.59. The van der Waals surface area contributed by atoms with Crippen LogP contribution in [0.5, 0.6) is 0 Å². The number of hydrogen-bond donors (Lipinski definition) is 1. The molecule has 0 saturated heterocycles. The molecular weight excluding hydrogens is 254 g/mol. The van der Waals surface area contributed by atoms with E-state index in [1.54, 1.807) is 13.2 Å². The molecule has 1 saturated carbocycles. The van der Waals surface area contributed by atoms with Gasteiger partial charge < -0.3 is 9.88 Å². The highest BCUT2D eigenvalue weighted by molar-refractivity contribution is 5.05. The van der Waals surface area contributed by atoms with Gasteiger partial charge in [0.25, 0.3) is 5.56 Å². The van der Waals surface area contributed by atoms with Crippen LogP contribution in [0, 0.1) is 0 Å².